The van der Waals surface area contributed by atoms with Crippen LogP contribution in [0.25, 0.3) is 0 Å². The van der Waals surface area contributed by atoms with E-state index in [9.17, 15) is 0 Å². The molecule has 12 heavy (non-hydrogen) atoms. The summed E-state index contributed by atoms with van der Waals surface area (Å²) in [4.78, 5) is 0. The molecule has 0 aliphatic heterocycles. The maximum atomic E-state index is 5.73. The zero-order chi connectivity index (χ0) is 9.78. The van der Waals surface area contributed by atoms with Gasteiger partial charge in [0.2, 0.25) is 0 Å². The lowest BCUT2D eigenvalue weighted by Crippen LogP contribution is -2.53. The largest absolute Gasteiger partial charge is 0.329 e. The van der Waals surface area contributed by atoms with Crippen LogP contribution in [0.3, 0.4) is 0 Å². The third-order valence-electron chi connectivity index (χ3n) is 2.61. The van der Waals surface area contributed by atoms with Crippen molar-refractivity contribution in [3.05, 3.63) is 0 Å². The molecule has 74 valence electrons. The third-order valence-corrected chi connectivity index (χ3v) is 2.61. The van der Waals surface area contributed by atoms with Crippen LogP contribution in [0, 0.1) is 11.8 Å². The monoisotopic (exact) mass is 172 g/mol. The maximum Gasteiger partial charge on any atom is 0.0298 e. The van der Waals surface area contributed by atoms with Crippen molar-refractivity contribution in [1.29, 1.82) is 0 Å². The summed E-state index contributed by atoms with van der Waals surface area (Å²) in [6.45, 7) is 12.8. The minimum absolute atomic E-state index is 0.101. The molecule has 0 saturated carbocycles. The number of hydrogen-bond acceptors (Lipinski definition) is 2. The van der Waals surface area contributed by atoms with Gasteiger partial charge in [0.15, 0.2) is 0 Å². The zero-order valence-corrected chi connectivity index (χ0v) is 9.15. The normalized spacial score (nSPS) is 17.0. The smallest absolute Gasteiger partial charge is 0.0298 e. The minimum atomic E-state index is 0.101. The molecule has 0 spiro atoms. The second kappa shape index (κ2) is 4.83. The van der Waals surface area contributed by atoms with Crippen molar-refractivity contribution in [2.45, 2.75) is 40.2 Å². The van der Waals surface area contributed by atoms with E-state index >= 15 is 0 Å². The van der Waals surface area contributed by atoms with Crippen molar-refractivity contribution in [1.82, 2.24) is 5.32 Å². The molecule has 0 amide bonds. The van der Waals surface area contributed by atoms with E-state index in [0.29, 0.717) is 18.4 Å². The summed E-state index contributed by atoms with van der Waals surface area (Å²) < 4.78 is 0. The van der Waals surface area contributed by atoms with Gasteiger partial charge < -0.3 is 11.1 Å². The van der Waals surface area contributed by atoms with Gasteiger partial charge in [-0.3, -0.25) is 0 Å². The van der Waals surface area contributed by atoms with Gasteiger partial charge in [0.25, 0.3) is 0 Å². The Bertz CT molecular complexity index is 121. The number of hydrogen-bond donors (Lipinski definition) is 2. The molecule has 0 bridgehead atoms. The van der Waals surface area contributed by atoms with E-state index in [4.69, 9.17) is 5.73 Å². The van der Waals surface area contributed by atoms with Crippen LogP contribution in [0.5, 0.6) is 0 Å². The molecule has 0 rings (SSSR count). The molecule has 0 aliphatic carbocycles. The molecular weight excluding hydrogens is 148 g/mol. The highest BCUT2D eigenvalue weighted by molar-refractivity contribution is 4.87. The van der Waals surface area contributed by atoms with Crippen molar-refractivity contribution in [2.24, 2.45) is 17.6 Å². The lowest BCUT2D eigenvalue weighted by molar-refractivity contribution is 0.258. The molecule has 3 N–H and O–H groups in total. The van der Waals surface area contributed by atoms with Gasteiger partial charge in [0, 0.05) is 12.1 Å². The molecule has 0 aromatic rings. The summed E-state index contributed by atoms with van der Waals surface area (Å²) in [6.07, 6.45) is 0. The summed E-state index contributed by atoms with van der Waals surface area (Å²) in [6, 6.07) is 0. The first-order chi connectivity index (χ1) is 5.42. The molecule has 1 atom stereocenters. The highest BCUT2D eigenvalue weighted by Gasteiger charge is 2.25. The zero-order valence-electron chi connectivity index (χ0n) is 9.15. The Balaban J connectivity index is 3.97. The SMILES string of the molecule is CC(C)CNC(C)(CN)C(C)C. The van der Waals surface area contributed by atoms with Crippen LogP contribution in [-0.2, 0) is 0 Å². The Kier molecular flexibility index (Phi) is 4.80. The van der Waals surface area contributed by atoms with E-state index in [1.807, 2.05) is 0 Å². The van der Waals surface area contributed by atoms with Crippen molar-refractivity contribution in [2.75, 3.05) is 13.1 Å². The van der Waals surface area contributed by atoms with E-state index in [1.165, 1.54) is 0 Å². The van der Waals surface area contributed by atoms with Crippen molar-refractivity contribution in [3.8, 4) is 0 Å². The highest BCUT2D eigenvalue weighted by atomic mass is 15.0. The van der Waals surface area contributed by atoms with Crippen LogP contribution in [0.1, 0.15) is 34.6 Å². The van der Waals surface area contributed by atoms with Gasteiger partial charge in [-0.1, -0.05) is 27.7 Å². The van der Waals surface area contributed by atoms with Crippen LogP contribution < -0.4 is 11.1 Å². The third kappa shape index (κ3) is 3.55. The average molecular weight is 172 g/mol. The summed E-state index contributed by atoms with van der Waals surface area (Å²) >= 11 is 0. The molecule has 0 heterocycles. The molecule has 1 unspecified atom stereocenters. The topological polar surface area (TPSA) is 38.0 Å². The fourth-order valence-corrected chi connectivity index (χ4v) is 0.949. The second-order valence-corrected chi connectivity index (χ2v) is 4.55. The fourth-order valence-electron chi connectivity index (χ4n) is 0.949. The van der Waals surface area contributed by atoms with Crippen LogP contribution in [0.15, 0.2) is 0 Å². The van der Waals surface area contributed by atoms with Gasteiger partial charge in [-0.2, -0.15) is 0 Å². The lowest BCUT2D eigenvalue weighted by Gasteiger charge is -2.34. The fraction of sp³-hybridized carbons (Fsp3) is 1.00. The van der Waals surface area contributed by atoms with Gasteiger partial charge in [0.1, 0.15) is 0 Å². The Morgan fingerprint density at radius 1 is 1.25 bits per heavy atom. The van der Waals surface area contributed by atoms with E-state index < -0.39 is 0 Å². The summed E-state index contributed by atoms with van der Waals surface area (Å²) in [5.41, 5.74) is 5.83. The minimum Gasteiger partial charge on any atom is -0.329 e. The van der Waals surface area contributed by atoms with E-state index in [2.05, 4.69) is 39.9 Å². The molecule has 2 nitrogen and oxygen atoms in total. The molecule has 0 radical (unpaired) electrons. The van der Waals surface area contributed by atoms with E-state index in [1.54, 1.807) is 0 Å². The van der Waals surface area contributed by atoms with Gasteiger partial charge >= 0.3 is 0 Å². The quantitative estimate of drug-likeness (QED) is 0.661. The molecule has 0 aromatic heterocycles. The van der Waals surface area contributed by atoms with Gasteiger partial charge in [0.05, 0.1) is 0 Å². The highest BCUT2D eigenvalue weighted by Crippen LogP contribution is 2.14. The predicted octanol–water partition coefficient (Wildman–Crippen LogP) is 1.61. The standard InChI is InChI=1S/C10H24N2/c1-8(2)6-12-10(5,7-11)9(3)4/h8-9,12H,6-7,11H2,1-5H3. The summed E-state index contributed by atoms with van der Waals surface area (Å²) in [5, 5.41) is 3.52. The maximum absolute atomic E-state index is 5.73. The molecule has 0 aromatic carbocycles. The second-order valence-electron chi connectivity index (χ2n) is 4.55. The first-order valence-electron chi connectivity index (χ1n) is 4.87. The first-order valence-corrected chi connectivity index (χ1v) is 4.87. The van der Waals surface area contributed by atoms with Gasteiger partial charge in [-0.05, 0) is 25.3 Å². The van der Waals surface area contributed by atoms with Crippen LogP contribution in [-0.4, -0.2) is 18.6 Å². The van der Waals surface area contributed by atoms with Gasteiger partial charge in [-0.15, -0.1) is 0 Å². The van der Waals surface area contributed by atoms with Crippen LogP contribution in [0.2, 0.25) is 0 Å². The van der Waals surface area contributed by atoms with Crippen molar-refractivity contribution in [3.63, 3.8) is 0 Å². The number of nitrogens with two attached hydrogens (primary N) is 1. The Morgan fingerprint density at radius 2 is 1.75 bits per heavy atom. The number of rotatable bonds is 5. The van der Waals surface area contributed by atoms with E-state index in [-0.39, 0.29) is 5.54 Å². The average Bonchev–Trinajstić information content (AvgIpc) is 1.99. The Labute approximate surface area is 76.9 Å². The first kappa shape index (κ1) is 11.9. The Hall–Kier alpha value is -0.0800. The van der Waals surface area contributed by atoms with E-state index in [0.717, 1.165) is 6.54 Å². The lowest BCUT2D eigenvalue weighted by atomic mass is 9.88. The van der Waals surface area contributed by atoms with Crippen LogP contribution >= 0.6 is 0 Å². The van der Waals surface area contributed by atoms with Gasteiger partial charge in [-0.25, -0.2) is 0 Å². The molecule has 0 aliphatic rings. The van der Waals surface area contributed by atoms with Crippen molar-refractivity contribution < 1.29 is 0 Å². The summed E-state index contributed by atoms with van der Waals surface area (Å²) in [5.74, 6) is 1.27. The van der Waals surface area contributed by atoms with Crippen LogP contribution in [0.4, 0.5) is 0 Å². The summed E-state index contributed by atoms with van der Waals surface area (Å²) in [7, 11) is 0. The number of nitrogens with one attached hydrogen (secondary N) is 1. The van der Waals surface area contributed by atoms with Crippen molar-refractivity contribution >= 4 is 0 Å². The predicted molar refractivity (Wildman–Crippen MR) is 55.1 cm³/mol. The molecule has 0 saturated heterocycles. The Morgan fingerprint density at radius 3 is 2.00 bits per heavy atom. The molecule has 2 heteroatoms. The molecular formula is C10H24N2. The molecule has 0 fully saturated rings.